The van der Waals surface area contributed by atoms with Crippen molar-refractivity contribution >= 4 is 29.3 Å². The summed E-state index contributed by atoms with van der Waals surface area (Å²) in [7, 11) is 1.54. The van der Waals surface area contributed by atoms with Gasteiger partial charge in [0.1, 0.15) is 5.75 Å². The van der Waals surface area contributed by atoms with Crippen molar-refractivity contribution < 1.29 is 27.3 Å². The Balaban J connectivity index is 2.04. The molecule has 1 amide bonds. The minimum Gasteiger partial charge on any atom is -0.497 e. The molecule has 0 saturated heterocycles. The molecule has 0 N–H and O–H groups in total. The lowest BCUT2D eigenvalue weighted by Crippen LogP contribution is -2.45. The molecule has 3 rings (SSSR count). The number of hydrogen-bond acceptors (Lipinski definition) is 6. The molecule has 7 heteroatoms. The van der Waals surface area contributed by atoms with E-state index in [9.17, 15) is 9.59 Å². The molecule has 0 bridgehead atoms. The number of esters is 1. The average molecular weight is 421 g/mol. The van der Waals surface area contributed by atoms with E-state index in [2.05, 4.69) is 0 Å². The fourth-order valence-electron chi connectivity index (χ4n) is 3.14. The zero-order valence-corrected chi connectivity index (χ0v) is 16.9. The van der Waals surface area contributed by atoms with Gasteiger partial charge in [0, 0.05) is 33.1 Å². The molecule has 2 aromatic rings. The molecule has 29 heavy (non-hydrogen) atoms. The van der Waals surface area contributed by atoms with Gasteiger partial charge in [-0.25, -0.2) is 0 Å². The second-order valence-electron chi connectivity index (χ2n) is 6.45. The Hall–Kier alpha value is -2.51. The first-order valence-corrected chi connectivity index (χ1v) is 9.87. The number of nitrogens with zero attached hydrogens (tertiary/aromatic N) is 2. The Kier molecular flexibility index (Phi) is 4.65. The topological polar surface area (TPSA) is 59.1 Å². The Morgan fingerprint density at radius 1 is 1.21 bits per heavy atom. The van der Waals surface area contributed by atoms with E-state index in [1.165, 1.54) is 30.7 Å². The van der Waals surface area contributed by atoms with E-state index in [4.69, 9.17) is 17.7 Å². The van der Waals surface area contributed by atoms with Gasteiger partial charge in [0.15, 0.2) is 6.10 Å². The van der Waals surface area contributed by atoms with Crippen LogP contribution in [-0.4, -0.2) is 57.0 Å². The molecular weight excluding hydrogens is 388 g/mol. The van der Waals surface area contributed by atoms with Crippen molar-refractivity contribution in [1.82, 2.24) is 4.90 Å². The van der Waals surface area contributed by atoms with Gasteiger partial charge in [-0.2, -0.15) is 0 Å². The van der Waals surface area contributed by atoms with Crippen LogP contribution >= 0.6 is 11.8 Å². The van der Waals surface area contributed by atoms with Crippen molar-refractivity contribution in [1.29, 1.82) is 0 Å². The fraction of sp³-hybridized carbons (Fsp3) is 0.364. The number of carbonyl (C=O) groups is 2. The molecule has 2 aromatic carbocycles. The highest BCUT2D eigenvalue weighted by Crippen LogP contribution is 2.46. The molecule has 1 aliphatic heterocycles. The maximum Gasteiger partial charge on any atom is 0.303 e. The van der Waals surface area contributed by atoms with E-state index in [1.807, 2.05) is 0 Å². The van der Waals surface area contributed by atoms with E-state index < -0.39 is 43.7 Å². The van der Waals surface area contributed by atoms with Gasteiger partial charge >= 0.3 is 5.97 Å². The van der Waals surface area contributed by atoms with Crippen LogP contribution in [0.1, 0.15) is 26.0 Å². The molecule has 154 valence electrons. The van der Waals surface area contributed by atoms with Gasteiger partial charge in [-0.1, -0.05) is 24.3 Å². The van der Waals surface area contributed by atoms with E-state index in [1.54, 1.807) is 48.5 Å². The summed E-state index contributed by atoms with van der Waals surface area (Å²) >= 11 is 1.33. The highest BCUT2D eigenvalue weighted by Gasteiger charge is 2.40. The van der Waals surface area contributed by atoms with Gasteiger partial charge in [0.2, 0.25) is 0 Å². The highest BCUT2D eigenvalue weighted by molar-refractivity contribution is 7.99. The number of anilines is 1. The van der Waals surface area contributed by atoms with Gasteiger partial charge in [-0.15, -0.1) is 11.8 Å². The van der Waals surface area contributed by atoms with Crippen LogP contribution in [0.2, 0.25) is 0 Å². The third kappa shape index (κ3) is 4.92. The molecular formula is C22H26N2O4S. The lowest BCUT2D eigenvalue weighted by molar-refractivity contribution is -0.152. The Morgan fingerprint density at radius 3 is 2.59 bits per heavy atom. The summed E-state index contributed by atoms with van der Waals surface area (Å²) in [5.74, 6) is -0.603. The van der Waals surface area contributed by atoms with E-state index >= 15 is 0 Å². The van der Waals surface area contributed by atoms with E-state index in [0.29, 0.717) is 21.2 Å². The molecule has 0 fully saturated rings. The number of methoxy groups -OCH3 is 1. The van der Waals surface area contributed by atoms with Gasteiger partial charge in [0.05, 0.1) is 18.0 Å². The Bertz CT molecular complexity index is 1050. The van der Waals surface area contributed by atoms with Crippen molar-refractivity contribution in [3.8, 4) is 5.75 Å². The SMILES string of the molecule is [2H]C([2H])([2H])N(CCN1C(=O)C(OC(C)=O)C(c2ccc(OC)cc2)Sc2ccccc21)C([2H])([2H])[2H]. The van der Waals surface area contributed by atoms with Gasteiger partial charge in [-0.05, 0) is 43.8 Å². The molecule has 2 atom stereocenters. The maximum atomic E-state index is 13.8. The maximum absolute atomic E-state index is 13.8. The first kappa shape index (κ1) is 14.5. The number of rotatable bonds is 6. The van der Waals surface area contributed by atoms with Crippen molar-refractivity contribution in [2.75, 3.05) is 39.1 Å². The predicted octanol–water partition coefficient (Wildman–Crippen LogP) is 3.37. The minimum atomic E-state index is -2.89. The summed E-state index contributed by atoms with van der Waals surface area (Å²) < 4.78 is 56.4. The van der Waals surface area contributed by atoms with Crippen molar-refractivity contribution in [3.63, 3.8) is 0 Å². The summed E-state index contributed by atoms with van der Waals surface area (Å²) in [6.07, 6.45) is -1.23. The summed E-state index contributed by atoms with van der Waals surface area (Å²) in [5, 5.41) is -0.607. The number of ether oxygens (including phenoxy) is 2. The van der Waals surface area contributed by atoms with Crippen LogP contribution in [0.25, 0.3) is 0 Å². The Labute approximate surface area is 184 Å². The normalized spacial score (nSPS) is 22.9. The van der Waals surface area contributed by atoms with Crippen LogP contribution in [-0.2, 0) is 14.3 Å². The third-order valence-electron chi connectivity index (χ3n) is 4.48. The predicted molar refractivity (Wildman–Crippen MR) is 114 cm³/mol. The lowest BCUT2D eigenvalue weighted by atomic mass is 10.1. The van der Waals surface area contributed by atoms with E-state index in [-0.39, 0.29) is 6.54 Å². The van der Waals surface area contributed by atoms with Crippen LogP contribution in [0.4, 0.5) is 5.69 Å². The standard InChI is InChI=1S/C22H26N2O4S/c1-15(25)28-20-21(16-9-11-17(27-4)12-10-16)29-19-8-6-5-7-18(19)24(22(20)26)14-13-23(2)3/h5-12,20-21H,13-14H2,1-4H3/i2D3,3D3. The second kappa shape index (κ2) is 9.33. The van der Waals surface area contributed by atoms with Crippen LogP contribution in [0, 0.1) is 0 Å². The molecule has 0 radical (unpaired) electrons. The van der Waals surface area contributed by atoms with Crippen LogP contribution < -0.4 is 9.64 Å². The number of thioether (sulfide) groups is 1. The quantitative estimate of drug-likeness (QED) is 0.668. The zero-order valence-electron chi connectivity index (χ0n) is 22.1. The number of fused-ring (bicyclic) bond motifs is 1. The van der Waals surface area contributed by atoms with E-state index in [0.717, 1.165) is 5.56 Å². The molecule has 1 heterocycles. The van der Waals surface area contributed by atoms with Crippen LogP contribution in [0.5, 0.6) is 5.75 Å². The third-order valence-corrected chi connectivity index (χ3v) is 5.85. The summed E-state index contributed by atoms with van der Waals surface area (Å²) in [6.45, 7) is -5.26. The molecule has 6 nitrogen and oxygen atoms in total. The van der Waals surface area contributed by atoms with Crippen molar-refractivity contribution in [2.45, 2.75) is 23.2 Å². The number of carbonyl (C=O) groups excluding carboxylic acids is 2. The van der Waals surface area contributed by atoms with Crippen LogP contribution in [0.3, 0.4) is 0 Å². The van der Waals surface area contributed by atoms with Crippen LogP contribution in [0.15, 0.2) is 53.4 Å². The fourth-order valence-corrected chi connectivity index (χ4v) is 4.46. The number of para-hydroxylation sites is 1. The average Bonchev–Trinajstić information content (AvgIpc) is 2.87. The first-order valence-electron chi connectivity index (χ1n) is 12.0. The van der Waals surface area contributed by atoms with Gasteiger partial charge in [-0.3, -0.25) is 9.59 Å². The second-order valence-corrected chi connectivity index (χ2v) is 7.63. The highest BCUT2D eigenvalue weighted by atomic mass is 32.2. The summed E-state index contributed by atoms with van der Waals surface area (Å²) in [4.78, 5) is 28.1. The monoisotopic (exact) mass is 420 g/mol. The summed E-state index contributed by atoms with van der Waals surface area (Å²) in [5.41, 5.74) is 1.20. The lowest BCUT2D eigenvalue weighted by Gasteiger charge is -2.28. The smallest absolute Gasteiger partial charge is 0.303 e. The number of benzene rings is 2. The molecule has 0 aromatic heterocycles. The molecule has 0 saturated carbocycles. The molecule has 1 aliphatic rings. The first-order chi connectivity index (χ1) is 16.3. The number of amides is 1. The van der Waals surface area contributed by atoms with Gasteiger partial charge in [0.25, 0.3) is 5.91 Å². The largest absolute Gasteiger partial charge is 0.497 e. The Morgan fingerprint density at radius 2 is 1.93 bits per heavy atom. The molecule has 0 aliphatic carbocycles. The minimum absolute atomic E-state index is 0.236. The summed E-state index contributed by atoms with van der Waals surface area (Å²) in [6, 6.07) is 14.1. The number of hydrogen-bond donors (Lipinski definition) is 0. The van der Waals surface area contributed by atoms with Crippen molar-refractivity contribution in [3.05, 3.63) is 54.1 Å². The number of likely N-dealkylation sites (N-methyl/N-ethyl adjacent to an activating group) is 1. The molecule has 2 unspecified atom stereocenters. The molecule has 0 spiro atoms. The zero-order chi connectivity index (χ0) is 26.0. The van der Waals surface area contributed by atoms with Crippen molar-refractivity contribution in [2.24, 2.45) is 0 Å². The van der Waals surface area contributed by atoms with Gasteiger partial charge < -0.3 is 19.3 Å².